The molecule has 1 aliphatic rings. The summed E-state index contributed by atoms with van der Waals surface area (Å²) in [6.45, 7) is 6.27. The van der Waals surface area contributed by atoms with E-state index in [0.717, 1.165) is 6.54 Å². The van der Waals surface area contributed by atoms with Crippen LogP contribution in [-0.4, -0.2) is 69.0 Å². The third kappa shape index (κ3) is 6.36. The van der Waals surface area contributed by atoms with E-state index in [4.69, 9.17) is 4.74 Å². The lowest BCUT2D eigenvalue weighted by Gasteiger charge is -2.34. The van der Waals surface area contributed by atoms with Gasteiger partial charge in [0, 0.05) is 38.3 Å². The zero-order valence-corrected chi connectivity index (χ0v) is 19.1. The first-order valence-corrected chi connectivity index (χ1v) is 12.0. The monoisotopic (exact) mass is 445 g/mol. The van der Waals surface area contributed by atoms with Crippen molar-refractivity contribution in [2.75, 3.05) is 33.2 Å². The van der Waals surface area contributed by atoms with Gasteiger partial charge in [-0.05, 0) is 44.7 Å². The summed E-state index contributed by atoms with van der Waals surface area (Å²) < 4.78 is 33.2. The quantitative estimate of drug-likeness (QED) is 0.675. The van der Waals surface area contributed by atoms with Crippen molar-refractivity contribution >= 4 is 15.9 Å². The van der Waals surface area contributed by atoms with Gasteiger partial charge in [-0.1, -0.05) is 36.4 Å². The van der Waals surface area contributed by atoms with Gasteiger partial charge in [0.25, 0.3) is 5.91 Å². The Hall–Kier alpha value is -2.26. The van der Waals surface area contributed by atoms with Crippen LogP contribution in [0.5, 0.6) is 0 Å². The molecule has 31 heavy (non-hydrogen) atoms. The highest BCUT2D eigenvalue weighted by Gasteiger charge is 2.32. The van der Waals surface area contributed by atoms with Crippen LogP contribution in [0.25, 0.3) is 0 Å². The zero-order chi connectivity index (χ0) is 22.4. The highest BCUT2D eigenvalue weighted by atomic mass is 32.2. The second-order valence-corrected chi connectivity index (χ2v) is 10.0. The maximum absolute atomic E-state index is 13.1. The van der Waals surface area contributed by atoms with Gasteiger partial charge in [-0.3, -0.25) is 4.79 Å². The molecule has 2 aromatic rings. The van der Waals surface area contributed by atoms with E-state index in [9.17, 15) is 13.2 Å². The van der Waals surface area contributed by atoms with Crippen molar-refractivity contribution in [3.8, 4) is 0 Å². The van der Waals surface area contributed by atoms with Crippen LogP contribution in [-0.2, 0) is 21.3 Å². The number of carbonyl (C=O) groups excluding carboxylic acids is 1. The van der Waals surface area contributed by atoms with E-state index >= 15 is 0 Å². The van der Waals surface area contributed by atoms with Crippen molar-refractivity contribution < 1.29 is 17.9 Å². The third-order valence-corrected chi connectivity index (χ3v) is 7.02. The Morgan fingerprint density at radius 1 is 1.10 bits per heavy atom. The number of nitrogens with zero attached hydrogens (tertiary/aromatic N) is 2. The predicted octanol–water partition coefficient (Wildman–Crippen LogP) is 2.35. The Morgan fingerprint density at radius 3 is 2.45 bits per heavy atom. The molecule has 1 heterocycles. The van der Waals surface area contributed by atoms with Crippen LogP contribution < -0.4 is 5.32 Å². The molecule has 8 heteroatoms. The highest BCUT2D eigenvalue weighted by molar-refractivity contribution is 7.89. The summed E-state index contributed by atoms with van der Waals surface area (Å²) in [6.07, 6.45) is -0.337. The van der Waals surface area contributed by atoms with E-state index in [-0.39, 0.29) is 23.0 Å². The minimum absolute atomic E-state index is 0.127. The fraction of sp³-hybridized carbons (Fsp3) is 0.435. The van der Waals surface area contributed by atoms with Crippen LogP contribution in [0.1, 0.15) is 29.8 Å². The molecule has 2 aromatic carbocycles. The average molecular weight is 446 g/mol. The molecule has 1 amide bonds. The van der Waals surface area contributed by atoms with Gasteiger partial charge in [-0.15, -0.1) is 0 Å². The summed E-state index contributed by atoms with van der Waals surface area (Å²) in [6, 6.07) is 16.3. The Bertz CT molecular complexity index is 971. The number of rotatable bonds is 8. The zero-order valence-electron chi connectivity index (χ0n) is 18.3. The molecule has 0 radical (unpaired) electrons. The molecule has 0 aliphatic carbocycles. The van der Waals surface area contributed by atoms with Crippen molar-refractivity contribution in [3.05, 3.63) is 65.7 Å². The van der Waals surface area contributed by atoms with Gasteiger partial charge in [-0.2, -0.15) is 4.31 Å². The standard InChI is InChI=1S/C23H31N3O4S/c1-18-15-26(16-19(2)30-18)31(28,29)22-11-7-10-21(14-22)23(27)24-12-13-25(3)17-20-8-5-4-6-9-20/h4-11,14,18-19H,12-13,15-17H2,1-3H3,(H,24,27). The summed E-state index contributed by atoms with van der Waals surface area (Å²) in [5.41, 5.74) is 1.54. The molecule has 0 aromatic heterocycles. The van der Waals surface area contributed by atoms with Gasteiger partial charge in [-0.25, -0.2) is 8.42 Å². The number of likely N-dealkylation sites (N-methyl/N-ethyl adjacent to an activating group) is 1. The van der Waals surface area contributed by atoms with Crippen LogP contribution in [0.3, 0.4) is 0 Å². The molecule has 2 unspecified atom stereocenters. The number of amides is 1. The molecular formula is C23H31N3O4S. The van der Waals surface area contributed by atoms with E-state index in [1.807, 2.05) is 39.1 Å². The Labute approximate surface area is 185 Å². The van der Waals surface area contributed by atoms with Gasteiger partial charge >= 0.3 is 0 Å². The summed E-state index contributed by atoms with van der Waals surface area (Å²) >= 11 is 0. The van der Waals surface area contributed by atoms with Crippen molar-refractivity contribution in [3.63, 3.8) is 0 Å². The second-order valence-electron chi connectivity index (χ2n) is 8.09. The first-order chi connectivity index (χ1) is 14.8. The van der Waals surface area contributed by atoms with Crippen molar-refractivity contribution in [1.29, 1.82) is 0 Å². The number of hydrogen-bond donors (Lipinski definition) is 1. The predicted molar refractivity (Wildman–Crippen MR) is 120 cm³/mol. The van der Waals surface area contributed by atoms with Crippen LogP contribution in [0.15, 0.2) is 59.5 Å². The fourth-order valence-electron chi connectivity index (χ4n) is 3.71. The summed E-state index contributed by atoms with van der Waals surface area (Å²) in [7, 11) is -1.69. The Kier molecular flexibility index (Phi) is 7.83. The number of carbonyl (C=O) groups is 1. The fourth-order valence-corrected chi connectivity index (χ4v) is 5.35. The number of nitrogens with one attached hydrogen (secondary N) is 1. The van der Waals surface area contributed by atoms with Crippen LogP contribution in [0.2, 0.25) is 0 Å². The molecule has 0 saturated carbocycles. The number of morpholine rings is 1. The lowest BCUT2D eigenvalue weighted by molar-refractivity contribution is -0.0440. The van der Waals surface area contributed by atoms with Gasteiger partial charge in [0.05, 0.1) is 17.1 Å². The molecule has 1 saturated heterocycles. The van der Waals surface area contributed by atoms with Gasteiger partial charge in [0.15, 0.2) is 0 Å². The van der Waals surface area contributed by atoms with E-state index < -0.39 is 10.0 Å². The highest BCUT2D eigenvalue weighted by Crippen LogP contribution is 2.22. The molecule has 1 fully saturated rings. The lowest BCUT2D eigenvalue weighted by atomic mass is 10.2. The molecule has 0 spiro atoms. The minimum Gasteiger partial charge on any atom is -0.373 e. The normalized spacial score (nSPS) is 20.0. The van der Waals surface area contributed by atoms with Crippen LogP contribution in [0, 0.1) is 0 Å². The average Bonchev–Trinajstić information content (AvgIpc) is 2.74. The van der Waals surface area contributed by atoms with Crippen LogP contribution in [0.4, 0.5) is 0 Å². The van der Waals surface area contributed by atoms with Gasteiger partial charge in [0.2, 0.25) is 10.0 Å². The van der Waals surface area contributed by atoms with E-state index in [1.54, 1.807) is 12.1 Å². The minimum atomic E-state index is -3.69. The Morgan fingerprint density at radius 2 is 1.77 bits per heavy atom. The molecule has 3 rings (SSSR count). The largest absolute Gasteiger partial charge is 0.373 e. The van der Waals surface area contributed by atoms with Gasteiger partial charge < -0.3 is 15.0 Å². The number of sulfonamides is 1. The summed E-state index contributed by atoms with van der Waals surface area (Å²) in [5.74, 6) is -0.283. The second kappa shape index (κ2) is 10.4. The lowest BCUT2D eigenvalue weighted by Crippen LogP contribution is -2.48. The molecule has 7 nitrogen and oxygen atoms in total. The molecule has 1 aliphatic heterocycles. The molecule has 2 atom stereocenters. The van der Waals surface area contributed by atoms with Crippen LogP contribution >= 0.6 is 0 Å². The topological polar surface area (TPSA) is 79.0 Å². The van der Waals surface area contributed by atoms with E-state index in [1.165, 1.54) is 22.0 Å². The molecule has 1 N–H and O–H groups in total. The molecule has 0 bridgehead atoms. The number of ether oxygens (including phenoxy) is 1. The third-order valence-electron chi connectivity index (χ3n) is 5.19. The number of benzene rings is 2. The van der Waals surface area contributed by atoms with E-state index in [0.29, 0.717) is 31.7 Å². The van der Waals surface area contributed by atoms with Crippen molar-refractivity contribution in [2.45, 2.75) is 37.5 Å². The van der Waals surface area contributed by atoms with Crippen molar-refractivity contribution in [1.82, 2.24) is 14.5 Å². The summed E-state index contributed by atoms with van der Waals surface area (Å²) in [4.78, 5) is 14.8. The molecule has 168 valence electrons. The van der Waals surface area contributed by atoms with Gasteiger partial charge in [0.1, 0.15) is 0 Å². The maximum Gasteiger partial charge on any atom is 0.251 e. The van der Waals surface area contributed by atoms with Crippen molar-refractivity contribution in [2.24, 2.45) is 0 Å². The maximum atomic E-state index is 13.1. The first-order valence-electron chi connectivity index (χ1n) is 10.5. The SMILES string of the molecule is CC1CN(S(=O)(=O)c2cccc(C(=O)NCCN(C)Cc3ccccc3)c2)CC(C)O1. The van der Waals surface area contributed by atoms with E-state index in [2.05, 4.69) is 22.3 Å². The molecular weight excluding hydrogens is 414 g/mol. The first kappa shape index (κ1) is 23.4. The smallest absolute Gasteiger partial charge is 0.251 e. The summed E-state index contributed by atoms with van der Waals surface area (Å²) in [5, 5.41) is 2.88. The Balaban J connectivity index is 1.58. The number of hydrogen-bond acceptors (Lipinski definition) is 5.